The topological polar surface area (TPSA) is 111 Å². The summed E-state index contributed by atoms with van der Waals surface area (Å²) in [6.45, 7) is 5.62. The van der Waals surface area contributed by atoms with E-state index in [1.807, 2.05) is 13.8 Å². The fourth-order valence-electron chi connectivity index (χ4n) is 1.68. The molecule has 0 aliphatic carbocycles. The van der Waals surface area contributed by atoms with Gasteiger partial charge < -0.3 is 9.73 Å². The summed E-state index contributed by atoms with van der Waals surface area (Å²) in [5.74, 6) is 0.408. The molecule has 0 saturated carbocycles. The molecule has 0 unspecified atom stereocenters. The Morgan fingerprint density at radius 1 is 1.43 bits per heavy atom. The van der Waals surface area contributed by atoms with Crippen LogP contribution in [0.5, 0.6) is 0 Å². The molecule has 0 atom stereocenters. The molecule has 2 rings (SSSR count). The second-order valence-electron chi connectivity index (χ2n) is 5.15. The van der Waals surface area contributed by atoms with Crippen LogP contribution in [0.25, 0.3) is 0 Å². The van der Waals surface area contributed by atoms with Gasteiger partial charge in [-0.2, -0.15) is 0 Å². The SMILES string of the molecule is Cc1ccc([N+](=O)[O-])cc1NC(=O)CSc1nnc(C(C)C)o1. The Balaban J connectivity index is 1.96. The maximum Gasteiger partial charge on any atom is 0.277 e. The van der Waals surface area contributed by atoms with Crippen molar-refractivity contribution in [3.63, 3.8) is 0 Å². The van der Waals surface area contributed by atoms with Crippen LogP contribution in [0.4, 0.5) is 11.4 Å². The van der Waals surface area contributed by atoms with Crippen LogP contribution in [0.3, 0.4) is 0 Å². The highest BCUT2D eigenvalue weighted by molar-refractivity contribution is 7.99. The molecule has 23 heavy (non-hydrogen) atoms. The highest BCUT2D eigenvalue weighted by Gasteiger charge is 2.14. The molecule has 2 aromatic rings. The van der Waals surface area contributed by atoms with Crippen molar-refractivity contribution >= 4 is 29.0 Å². The van der Waals surface area contributed by atoms with Gasteiger partial charge in [-0.05, 0) is 12.5 Å². The fourth-order valence-corrected chi connectivity index (χ4v) is 2.25. The number of benzene rings is 1. The summed E-state index contributed by atoms with van der Waals surface area (Å²) in [5, 5.41) is 21.5. The van der Waals surface area contributed by atoms with Crippen molar-refractivity contribution in [1.29, 1.82) is 0 Å². The lowest BCUT2D eigenvalue weighted by molar-refractivity contribution is -0.384. The van der Waals surface area contributed by atoms with Crippen molar-refractivity contribution in [2.75, 3.05) is 11.1 Å². The van der Waals surface area contributed by atoms with Gasteiger partial charge in [-0.15, -0.1) is 10.2 Å². The van der Waals surface area contributed by atoms with Crippen molar-refractivity contribution in [2.45, 2.75) is 31.9 Å². The van der Waals surface area contributed by atoms with Crippen LogP contribution in [-0.4, -0.2) is 26.8 Å². The summed E-state index contributed by atoms with van der Waals surface area (Å²) in [5.41, 5.74) is 1.09. The Hall–Kier alpha value is -2.42. The number of nitro groups is 1. The monoisotopic (exact) mass is 336 g/mol. The summed E-state index contributed by atoms with van der Waals surface area (Å²) in [6.07, 6.45) is 0. The standard InChI is InChI=1S/C14H16N4O4S/c1-8(2)13-16-17-14(22-13)23-7-12(19)15-11-6-10(18(20)21)5-4-9(11)3/h4-6,8H,7H2,1-3H3,(H,15,19). The Labute approximate surface area is 136 Å². The number of hydrogen-bond donors (Lipinski definition) is 1. The van der Waals surface area contributed by atoms with Crippen molar-refractivity contribution in [3.05, 3.63) is 39.8 Å². The van der Waals surface area contributed by atoms with Gasteiger partial charge in [0.15, 0.2) is 0 Å². The smallest absolute Gasteiger partial charge is 0.277 e. The molecule has 0 saturated heterocycles. The molecule has 0 spiro atoms. The first kappa shape index (κ1) is 16.9. The second kappa shape index (κ2) is 7.23. The van der Waals surface area contributed by atoms with E-state index in [9.17, 15) is 14.9 Å². The van der Waals surface area contributed by atoms with Crippen LogP contribution >= 0.6 is 11.8 Å². The number of nitrogens with zero attached hydrogens (tertiary/aromatic N) is 3. The molecule has 9 heteroatoms. The number of carbonyl (C=O) groups is 1. The number of nitrogens with one attached hydrogen (secondary N) is 1. The van der Waals surface area contributed by atoms with Crippen LogP contribution < -0.4 is 5.32 Å². The Kier molecular flexibility index (Phi) is 5.32. The third-order valence-electron chi connectivity index (χ3n) is 2.95. The first-order chi connectivity index (χ1) is 10.9. The highest BCUT2D eigenvalue weighted by atomic mass is 32.2. The summed E-state index contributed by atoms with van der Waals surface area (Å²) in [7, 11) is 0. The first-order valence-corrected chi connectivity index (χ1v) is 7.86. The van der Waals surface area contributed by atoms with Crippen molar-refractivity contribution in [3.8, 4) is 0 Å². The van der Waals surface area contributed by atoms with Gasteiger partial charge >= 0.3 is 0 Å². The second-order valence-corrected chi connectivity index (χ2v) is 6.08. The predicted octanol–water partition coefficient (Wildman–Crippen LogP) is 3.14. The number of amides is 1. The zero-order chi connectivity index (χ0) is 17.0. The van der Waals surface area contributed by atoms with Gasteiger partial charge in [0.05, 0.1) is 16.4 Å². The van der Waals surface area contributed by atoms with E-state index in [4.69, 9.17) is 4.42 Å². The normalized spacial score (nSPS) is 10.8. The average Bonchev–Trinajstić information content (AvgIpc) is 2.96. The van der Waals surface area contributed by atoms with E-state index in [1.54, 1.807) is 13.0 Å². The van der Waals surface area contributed by atoms with Crippen LogP contribution in [0, 0.1) is 17.0 Å². The van der Waals surface area contributed by atoms with Crippen LogP contribution in [0.1, 0.15) is 31.2 Å². The predicted molar refractivity (Wildman–Crippen MR) is 85.6 cm³/mol. The molecule has 0 radical (unpaired) electrons. The lowest BCUT2D eigenvalue weighted by Crippen LogP contribution is -2.15. The van der Waals surface area contributed by atoms with Crippen molar-refractivity contribution in [1.82, 2.24) is 10.2 Å². The van der Waals surface area contributed by atoms with Gasteiger partial charge in [0.1, 0.15) is 0 Å². The molecule has 1 amide bonds. The van der Waals surface area contributed by atoms with Gasteiger partial charge in [-0.25, -0.2) is 0 Å². The van der Waals surface area contributed by atoms with Crippen LogP contribution in [0.2, 0.25) is 0 Å². The summed E-state index contributed by atoms with van der Waals surface area (Å²) >= 11 is 1.12. The van der Waals surface area contributed by atoms with Gasteiger partial charge in [-0.3, -0.25) is 14.9 Å². The minimum Gasteiger partial charge on any atom is -0.416 e. The minimum atomic E-state index is -0.504. The molecular weight excluding hydrogens is 320 g/mol. The number of non-ortho nitro benzene ring substituents is 1. The number of aryl methyl sites for hydroxylation is 1. The van der Waals surface area contributed by atoms with E-state index in [1.165, 1.54) is 12.1 Å². The van der Waals surface area contributed by atoms with Gasteiger partial charge in [0, 0.05) is 18.1 Å². The lowest BCUT2D eigenvalue weighted by atomic mass is 10.2. The largest absolute Gasteiger partial charge is 0.416 e. The minimum absolute atomic E-state index is 0.0713. The number of hydrogen-bond acceptors (Lipinski definition) is 7. The molecule has 0 bridgehead atoms. The number of carbonyl (C=O) groups excluding carboxylic acids is 1. The fraction of sp³-hybridized carbons (Fsp3) is 0.357. The number of anilines is 1. The molecule has 1 aromatic carbocycles. The first-order valence-electron chi connectivity index (χ1n) is 6.88. The van der Waals surface area contributed by atoms with E-state index in [0.717, 1.165) is 17.3 Å². The highest BCUT2D eigenvalue weighted by Crippen LogP contribution is 2.23. The lowest BCUT2D eigenvalue weighted by Gasteiger charge is -2.07. The maximum atomic E-state index is 12.0. The van der Waals surface area contributed by atoms with Crippen LogP contribution in [-0.2, 0) is 4.79 Å². The van der Waals surface area contributed by atoms with E-state index < -0.39 is 4.92 Å². The average molecular weight is 336 g/mol. The molecule has 1 aromatic heterocycles. The third-order valence-corrected chi connectivity index (χ3v) is 3.77. The van der Waals surface area contributed by atoms with E-state index in [0.29, 0.717) is 16.8 Å². The number of rotatable bonds is 6. The number of thioether (sulfide) groups is 1. The van der Waals surface area contributed by atoms with E-state index in [-0.39, 0.29) is 23.3 Å². The molecular formula is C14H16N4O4S. The quantitative estimate of drug-likeness (QED) is 0.490. The van der Waals surface area contributed by atoms with Crippen molar-refractivity contribution < 1.29 is 14.1 Å². The Morgan fingerprint density at radius 2 is 2.17 bits per heavy atom. The van der Waals surface area contributed by atoms with Crippen LogP contribution in [0.15, 0.2) is 27.8 Å². The molecule has 0 aliphatic rings. The molecule has 1 heterocycles. The number of aromatic nitrogens is 2. The number of nitro benzene ring substituents is 1. The van der Waals surface area contributed by atoms with E-state index in [2.05, 4.69) is 15.5 Å². The van der Waals surface area contributed by atoms with Gasteiger partial charge in [0.2, 0.25) is 11.8 Å². The molecule has 0 aliphatic heterocycles. The summed E-state index contributed by atoms with van der Waals surface area (Å²) in [6, 6.07) is 4.32. The molecule has 1 N–H and O–H groups in total. The summed E-state index contributed by atoms with van der Waals surface area (Å²) < 4.78 is 5.39. The maximum absolute atomic E-state index is 12.0. The molecule has 0 fully saturated rings. The van der Waals surface area contributed by atoms with Gasteiger partial charge in [0.25, 0.3) is 10.9 Å². The zero-order valence-electron chi connectivity index (χ0n) is 12.9. The van der Waals surface area contributed by atoms with E-state index >= 15 is 0 Å². The zero-order valence-corrected chi connectivity index (χ0v) is 13.7. The Morgan fingerprint density at radius 3 is 2.78 bits per heavy atom. The van der Waals surface area contributed by atoms with Gasteiger partial charge in [-0.1, -0.05) is 31.7 Å². The molecule has 8 nitrogen and oxygen atoms in total. The summed E-state index contributed by atoms with van der Waals surface area (Å²) in [4.78, 5) is 22.2. The molecule has 122 valence electrons. The third kappa shape index (κ3) is 4.52. The van der Waals surface area contributed by atoms with Crippen molar-refractivity contribution in [2.24, 2.45) is 0 Å². The Bertz CT molecular complexity index is 729.